The van der Waals surface area contributed by atoms with E-state index in [0.717, 1.165) is 15.3 Å². The first kappa shape index (κ1) is 22.2. The zero-order valence-corrected chi connectivity index (χ0v) is 19.1. The summed E-state index contributed by atoms with van der Waals surface area (Å²) in [5.74, 6) is 0.491. The number of ether oxygens (including phenoxy) is 3. The van der Waals surface area contributed by atoms with Crippen LogP contribution in [0.5, 0.6) is 17.2 Å². The van der Waals surface area contributed by atoms with Gasteiger partial charge in [-0.3, -0.25) is 9.59 Å². The molecule has 0 saturated heterocycles. The van der Waals surface area contributed by atoms with E-state index < -0.39 is 5.91 Å². The second-order valence-corrected chi connectivity index (χ2v) is 7.92. The van der Waals surface area contributed by atoms with Gasteiger partial charge in [0.15, 0.2) is 16.6 Å². The number of carbonyl (C=O) groups is 2. The molecule has 0 aliphatic rings. The number of hydrogen-bond donors (Lipinski definition) is 2. The van der Waals surface area contributed by atoms with E-state index >= 15 is 0 Å². The lowest BCUT2D eigenvalue weighted by atomic mass is 10.2. The van der Waals surface area contributed by atoms with Gasteiger partial charge in [0.2, 0.25) is 11.7 Å². The van der Waals surface area contributed by atoms with Crippen molar-refractivity contribution in [2.24, 2.45) is 0 Å². The lowest BCUT2D eigenvalue weighted by Crippen LogP contribution is -2.32. The Bertz CT molecular complexity index is 1270. The number of anilines is 1. The summed E-state index contributed by atoms with van der Waals surface area (Å²) in [5.41, 5.74) is 1.71. The zero-order valence-electron chi connectivity index (χ0n) is 18.2. The zero-order chi connectivity index (χ0) is 23.4. The fraction of sp³-hybridized carbons (Fsp3) is 0.174. The van der Waals surface area contributed by atoms with Crippen LogP contribution in [-0.4, -0.2) is 49.2 Å². The Balaban J connectivity index is 1.41. The summed E-state index contributed by atoms with van der Waals surface area (Å²) in [6, 6.07) is 12.3. The number of nitrogens with zero attached hydrogens (tertiary/aromatic N) is 2. The molecule has 2 heterocycles. The molecule has 170 valence electrons. The number of amides is 2. The minimum atomic E-state index is -0.397. The van der Waals surface area contributed by atoms with Crippen LogP contribution in [0.25, 0.3) is 15.3 Å². The Labute approximate surface area is 193 Å². The third-order valence-corrected chi connectivity index (χ3v) is 5.85. The second-order valence-electron chi connectivity index (χ2n) is 6.91. The minimum Gasteiger partial charge on any atom is -0.493 e. The molecule has 2 aromatic heterocycles. The number of thiazole rings is 1. The van der Waals surface area contributed by atoms with Crippen molar-refractivity contribution in [1.29, 1.82) is 0 Å². The molecule has 4 aromatic rings. The van der Waals surface area contributed by atoms with E-state index in [9.17, 15) is 9.59 Å². The molecule has 0 fully saturated rings. The minimum absolute atomic E-state index is 0.204. The van der Waals surface area contributed by atoms with Crippen LogP contribution in [0.1, 0.15) is 10.4 Å². The van der Waals surface area contributed by atoms with E-state index in [1.54, 1.807) is 30.3 Å². The van der Waals surface area contributed by atoms with Crippen molar-refractivity contribution < 1.29 is 23.8 Å². The Hall–Kier alpha value is -4.05. The number of fused-ring (bicyclic) bond motifs is 1. The van der Waals surface area contributed by atoms with Crippen molar-refractivity contribution in [1.82, 2.24) is 14.9 Å². The Morgan fingerprint density at radius 2 is 1.70 bits per heavy atom. The van der Waals surface area contributed by atoms with Crippen LogP contribution in [0.2, 0.25) is 0 Å². The summed E-state index contributed by atoms with van der Waals surface area (Å²) in [6.45, 7) is -0.204. The van der Waals surface area contributed by atoms with Crippen molar-refractivity contribution in [2.75, 3.05) is 33.2 Å². The smallest absolute Gasteiger partial charge is 0.251 e. The highest BCUT2D eigenvalue weighted by molar-refractivity contribution is 7.20. The third kappa shape index (κ3) is 4.75. The Kier molecular flexibility index (Phi) is 6.45. The van der Waals surface area contributed by atoms with Crippen LogP contribution >= 0.6 is 11.3 Å². The number of carbonyl (C=O) groups excluding carboxylic acids is 2. The number of hydrogen-bond acceptors (Lipinski definition) is 7. The van der Waals surface area contributed by atoms with Crippen LogP contribution in [0, 0.1) is 0 Å². The molecule has 0 atom stereocenters. The molecule has 0 aliphatic heterocycles. The monoisotopic (exact) mass is 466 g/mol. The number of nitrogens with one attached hydrogen (secondary N) is 2. The van der Waals surface area contributed by atoms with Gasteiger partial charge in [-0.2, -0.15) is 0 Å². The first-order chi connectivity index (χ1) is 16.0. The average molecular weight is 467 g/mol. The van der Waals surface area contributed by atoms with Gasteiger partial charge in [0.05, 0.1) is 38.1 Å². The van der Waals surface area contributed by atoms with E-state index in [0.29, 0.717) is 28.5 Å². The summed E-state index contributed by atoms with van der Waals surface area (Å²) in [7, 11) is 4.48. The van der Waals surface area contributed by atoms with Gasteiger partial charge in [0.1, 0.15) is 0 Å². The van der Waals surface area contributed by atoms with Crippen LogP contribution in [0.15, 0.2) is 54.9 Å². The molecule has 9 nitrogen and oxygen atoms in total. The van der Waals surface area contributed by atoms with E-state index in [4.69, 9.17) is 14.2 Å². The summed E-state index contributed by atoms with van der Waals surface area (Å²) >= 11 is 1.48. The van der Waals surface area contributed by atoms with Crippen molar-refractivity contribution in [3.63, 3.8) is 0 Å². The maximum atomic E-state index is 12.6. The van der Waals surface area contributed by atoms with Crippen LogP contribution in [0.4, 0.5) is 5.69 Å². The van der Waals surface area contributed by atoms with Gasteiger partial charge >= 0.3 is 0 Å². The molecule has 0 saturated carbocycles. The van der Waals surface area contributed by atoms with Crippen molar-refractivity contribution in [3.05, 3.63) is 60.4 Å². The fourth-order valence-corrected chi connectivity index (χ4v) is 4.22. The number of benzene rings is 2. The van der Waals surface area contributed by atoms with Crippen molar-refractivity contribution >= 4 is 39.1 Å². The fourth-order valence-electron chi connectivity index (χ4n) is 3.25. The first-order valence-corrected chi connectivity index (χ1v) is 10.8. The van der Waals surface area contributed by atoms with Crippen molar-refractivity contribution in [3.8, 4) is 22.4 Å². The molecule has 4 rings (SSSR count). The van der Waals surface area contributed by atoms with Crippen LogP contribution in [0.3, 0.4) is 0 Å². The van der Waals surface area contributed by atoms with Gasteiger partial charge in [0.25, 0.3) is 5.91 Å². The van der Waals surface area contributed by atoms with E-state index in [1.807, 2.05) is 29.1 Å². The summed E-state index contributed by atoms with van der Waals surface area (Å²) in [6.07, 6.45) is 3.83. The SMILES string of the molecule is COc1cc(NC(=O)CNC(=O)c2ccc3nc(-n4cccc4)sc3c2)cc(OC)c1OC. The second kappa shape index (κ2) is 9.61. The van der Waals surface area contributed by atoms with Gasteiger partial charge in [-0.25, -0.2) is 4.98 Å². The van der Waals surface area contributed by atoms with Crippen molar-refractivity contribution in [2.45, 2.75) is 0 Å². The predicted octanol–water partition coefficient (Wildman–Crippen LogP) is 3.48. The van der Waals surface area contributed by atoms with E-state index in [2.05, 4.69) is 15.6 Å². The highest BCUT2D eigenvalue weighted by atomic mass is 32.1. The van der Waals surface area contributed by atoms with Gasteiger partial charge in [-0.05, 0) is 30.3 Å². The number of methoxy groups -OCH3 is 3. The van der Waals surface area contributed by atoms with Gasteiger partial charge in [-0.15, -0.1) is 0 Å². The quantitative estimate of drug-likeness (QED) is 0.412. The number of rotatable bonds is 8. The third-order valence-electron chi connectivity index (χ3n) is 4.82. The molecule has 33 heavy (non-hydrogen) atoms. The highest BCUT2D eigenvalue weighted by Gasteiger charge is 2.16. The molecule has 0 unspecified atom stereocenters. The average Bonchev–Trinajstić information content (AvgIpc) is 3.51. The van der Waals surface area contributed by atoms with E-state index in [-0.39, 0.29) is 12.5 Å². The molecule has 0 aliphatic carbocycles. The van der Waals surface area contributed by atoms with Gasteiger partial charge in [0, 0.05) is 35.8 Å². The Morgan fingerprint density at radius 3 is 2.33 bits per heavy atom. The highest BCUT2D eigenvalue weighted by Crippen LogP contribution is 2.39. The van der Waals surface area contributed by atoms with Gasteiger partial charge < -0.3 is 29.4 Å². The molecule has 0 bridgehead atoms. The molecule has 2 N–H and O–H groups in total. The number of aromatic nitrogens is 2. The van der Waals surface area contributed by atoms with Crippen LogP contribution < -0.4 is 24.8 Å². The Morgan fingerprint density at radius 1 is 1.00 bits per heavy atom. The molecular weight excluding hydrogens is 444 g/mol. The maximum absolute atomic E-state index is 12.6. The van der Waals surface area contributed by atoms with E-state index in [1.165, 1.54) is 32.7 Å². The topological polar surface area (TPSA) is 104 Å². The predicted molar refractivity (Wildman–Crippen MR) is 126 cm³/mol. The molecule has 0 radical (unpaired) electrons. The molecule has 10 heteroatoms. The molecule has 2 aromatic carbocycles. The standard InChI is InChI=1S/C23H22N4O5S/c1-30-17-11-15(12-18(31-2)21(17)32-3)25-20(28)13-24-22(29)14-6-7-16-19(10-14)33-23(26-16)27-8-4-5-9-27/h4-12H,13H2,1-3H3,(H,24,29)(H,25,28). The lowest BCUT2D eigenvalue weighted by molar-refractivity contribution is -0.115. The molecular formula is C23H22N4O5S. The lowest BCUT2D eigenvalue weighted by Gasteiger charge is -2.14. The first-order valence-electron chi connectivity index (χ1n) is 9.94. The summed E-state index contributed by atoms with van der Waals surface area (Å²) < 4.78 is 18.6. The van der Waals surface area contributed by atoms with Crippen LogP contribution in [-0.2, 0) is 4.79 Å². The normalized spacial score (nSPS) is 10.6. The largest absolute Gasteiger partial charge is 0.493 e. The maximum Gasteiger partial charge on any atom is 0.251 e. The summed E-state index contributed by atoms with van der Waals surface area (Å²) in [5, 5.41) is 6.17. The van der Waals surface area contributed by atoms with Gasteiger partial charge in [-0.1, -0.05) is 11.3 Å². The summed E-state index contributed by atoms with van der Waals surface area (Å²) in [4.78, 5) is 29.6. The molecule has 0 spiro atoms. The molecule has 2 amide bonds.